The second-order valence-electron chi connectivity index (χ2n) is 4.94. The number of ether oxygens (including phenoxy) is 2. The maximum absolute atomic E-state index is 10.8. The summed E-state index contributed by atoms with van der Waals surface area (Å²) >= 11 is 3.50. The molecule has 1 atom stereocenters. The standard InChI is InChI=1S/C17H19BrO3/c1-10-6-5-7-11(2)16(10)17(19)12-8-14(20-3)15(21-4)9-13(12)18/h5-9,17,19H,1-4H3. The van der Waals surface area contributed by atoms with E-state index < -0.39 is 6.10 Å². The molecule has 0 radical (unpaired) electrons. The highest BCUT2D eigenvalue weighted by Gasteiger charge is 2.20. The highest BCUT2D eigenvalue weighted by Crippen LogP contribution is 2.39. The molecule has 3 nitrogen and oxygen atoms in total. The number of aliphatic hydroxyl groups excluding tert-OH is 1. The summed E-state index contributed by atoms with van der Waals surface area (Å²) in [7, 11) is 3.17. The summed E-state index contributed by atoms with van der Waals surface area (Å²) in [6, 6.07) is 9.61. The van der Waals surface area contributed by atoms with Crippen LogP contribution in [0.1, 0.15) is 28.4 Å². The second kappa shape index (κ2) is 6.50. The third-order valence-corrected chi connectivity index (χ3v) is 4.30. The van der Waals surface area contributed by atoms with Crippen molar-refractivity contribution >= 4 is 15.9 Å². The van der Waals surface area contributed by atoms with Gasteiger partial charge in [-0.15, -0.1) is 0 Å². The topological polar surface area (TPSA) is 38.7 Å². The molecule has 2 aromatic carbocycles. The first-order chi connectivity index (χ1) is 9.99. The van der Waals surface area contributed by atoms with Crippen LogP contribution in [-0.2, 0) is 0 Å². The fourth-order valence-electron chi connectivity index (χ4n) is 2.49. The highest BCUT2D eigenvalue weighted by atomic mass is 79.9. The zero-order valence-corrected chi connectivity index (χ0v) is 14.2. The Morgan fingerprint density at radius 3 is 2.05 bits per heavy atom. The molecule has 0 aliphatic carbocycles. The summed E-state index contributed by atoms with van der Waals surface area (Å²) in [6.45, 7) is 4.00. The molecule has 0 heterocycles. The largest absolute Gasteiger partial charge is 0.493 e. The van der Waals surface area contributed by atoms with Crippen LogP contribution in [0.5, 0.6) is 11.5 Å². The van der Waals surface area contributed by atoms with Crippen LogP contribution in [0.2, 0.25) is 0 Å². The third-order valence-electron chi connectivity index (χ3n) is 3.61. The van der Waals surface area contributed by atoms with Crippen LogP contribution in [0, 0.1) is 13.8 Å². The Kier molecular flexibility index (Phi) is 4.91. The lowest BCUT2D eigenvalue weighted by Crippen LogP contribution is -2.06. The first kappa shape index (κ1) is 15.9. The van der Waals surface area contributed by atoms with Gasteiger partial charge in [0.1, 0.15) is 6.10 Å². The van der Waals surface area contributed by atoms with Crippen molar-refractivity contribution in [3.05, 3.63) is 57.1 Å². The molecule has 0 aromatic heterocycles. The molecular formula is C17H19BrO3. The Hall–Kier alpha value is -1.52. The normalized spacial score (nSPS) is 12.1. The van der Waals surface area contributed by atoms with E-state index in [9.17, 15) is 5.11 Å². The Bertz CT molecular complexity index is 632. The summed E-state index contributed by atoms with van der Waals surface area (Å²) in [4.78, 5) is 0. The number of benzene rings is 2. The number of aryl methyl sites for hydroxylation is 2. The summed E-state index contributed by atoms with van der Waals surface area (Å²) < 4.78 is 11.4. The predicted octanol–water partition coefficient (Wildman–Crippen LogP) is 4.16. The van der Waals surface area contributed by atoms with Crippen LogP contribution in [0.4, 0.5) is 0 Å². The molecule has 0 spiro atoms. The lowest BCUT2D eigenvalue weighted by Gasteiger charge is -2.20. The first-order valence-electron chi connectivity index (χ1n) is 6.65. The minimum absolute atomic E-state index is 0.598. The molecule has 0 bridgehead atoms. The van der Waals surface area contributed by atoms with Crippen LogP contribution in [0.3, 0.4) is 0 Å². The monoisotopic (exact) mass is 350 g/mol. The van der Waals surface area contributed by atoms with Gasteiger partial charge in [-0.2, -0.15) is 0 Å². The number of hydrogen-bond acceptors (Lipinski definition) is 3. The van der Waals surface area contributed by atoms with Crippen molar-refractivity contribution in [1.82, 2.24) is 0 Å². The molecule has 2 aromatic rings. The van der Waals surface area contributed by atoms with Gasteiger partial charge in [0, 0.05) is 10.0 Å². The van der Waals surface area contributed by atoms with Crippen molar-refractivity contribution in [1.29, 1.82) is 0 Å². The molecule has 0 aliphatic rings. The number of methoxy groups -OCH3 is 2. The molecule has 1 N–H and O–H groups in total. The van der Waals surface area contributed by atoms with E-state index >= 15 is 0 Å². The smallest absolute Gasteiger partial charge is 0.161 e. The lowest BCUT2D eigenvalue weighted by atomic mass is 9.93. The average Bonchev–Trinajstić information content (AvgIpc) is 2.46. The zero-order valence-electron chi connectivity index (χ0n) is 12.6. The molecule has 0 fully saturated rings. The lowest BCUT2D eigenvalue weighted by molar-refractivity contribution is 0.217. The fraction of sp³-hybridized carbons (Fsp3) is 0.294. The highest BCUT2D eigenvalue weighted by molar-refractivity contribution is 9.10. The SMILES string of the molecule is COc1cc(Br)c(C(O)c2c(C)cccc2C)cc1OC. The summed E-state index contributed by atoms with van der Waals surface area (Å²) in [5.74, 6) is 1.22. The van der Waals surface area contributed by atoms with E-state index in [0.717, 1.165) is 26.7 Å². The van der Waals surface area contributed by atoms with Gasteiger partial charge in [0.25, 0.3) is 0 Å². The maximum Gasteiger partial charge on any atom is 0.161 e. The van der Waals surface area contributed by atoms with Crippen molar-refractivity contribution in [2.24, 2.45) is 0 Å². The van der Waals surface area contributed by atoms with Crippen molar-refractivity contribution in [3.63, 3.8) is 0 Å². The molecule has 4 heteroatoms. The van der Waals surface area contributed by atoms with E-state index in [1.165, 1.54) is 0 Å². The van der Waals surface area contributed by atoms with Crippen LogP contribution in [-0.4, -0.2) is 19.3 Å². The Balaban J connectivity index is 2.56. The fourth-order valence-corrected chi connectivity index (χ4v) is 3.03. The number of aliphatic hydroxyl groups is 1. The second-order valence-corrected chi connectivity index (χ2v) is 5.79. The van der Waals surface area contributed by atoms with Crippen molar-refractivity contribution < 1.29 is 14.6 Å². The van der Waals surface area contributed by atoms with Gasteiger partial charge < -0.3 is 14.6 Å². The van der Waals surface area contributed by atoms with Crippen molar-refractivity contribution in [2.75, 3.05) is 14.2 Å². The molecule has 0 saturated carbocycles. The molecule has 21 heavy (non-hydrogen) atoms. The molecule has 0 saturated heterocycles. The number of rotatable bonds is 4. The molecule has 2 rings (SSSR count). The Labute approximate surface area is 133 Å². The quantitative estimate of drug-likeness (QED) is 0.899. The summed E-state index contributed by atoms with van der Waals surface area (Å²) in [6.07, 6.45) is -0.722. The Morgan fingerprint density at radius 2 is 1.52 bits per heavy atom. The van der Waals surface area contributed by atoms with E-state index in [1.54, 1.807) is 20.3 Å². The molecule has 0 amide bonds. The minimum Gasteiger partial charge on any atom is -0.493 e. The van der Waals surface area contributed by atoms with Gasteiger partial charge in [0.2, 0.25) is 0 Å². The van der Waals surface area contributed by atoms with Gasteiger partial charge in [-0.1, -0.05) is 34.1 Å². The maximum atomic E-state index is 10.8. The number of hydrogen-bond donors (Lipinski definition) is 1. The molecule has 1 unspecified atom stereocenters. The van der Waals surface area contributed by atoms with Gasteiger partial charge in [0.15, 0.2) is 11.5 Å². The van der Waals surface area contributed by atoms with Gasteiger partial charge in [-0.05, 0) is 42.7 Å². The molecule has 112 valence electrons. The predicted molar refractivity (Wildman–Crippen MR) is 87.2 cm³/mol. The molecule has 0 aliphatic heterocycles. The first-order valence-corrected chi connectivity index (χ1v) is 7.44. The summed E-state index contributed by atoms with van der Waals surface area (Å²) in [5, 5.41) is 10.8. The van der Waals surface area contributed by atoms with Crippen molar-refractivity contribution in [2.45, 2.75) is 20.0 Å². The van der Waals surface area contributed by atoms with Gasteiger partial charge in [-0.25, -0.2) is 0 Å². The van der Waals surface area contributed by atoms with E-state index in [4.69, 9.17) is 9.47 Å². The minimum atomic E-state index is -0.722. The average molecular weight is 351 g/mol. The van der Waals surface area contributed by atoms with Gasteiger partial charge >= 0.3 is 0 Å². The van der Waals surface area contributed by atoms with Crippen LogP contribution in [0.15, 0.2) is 34.8 Å². The Morgan fingerprint density at radius 1 is 1.00 bits per heavy atom. The van der Waals surface area contributed by atoms with E-state index in [1.807, 2.05) is 38.1 Å². The van der Waals surface area contributed by atoms with Crippen molar-refractivity contribution in [3.8, 4) is 11.5 Å². The molecular weight excluding hydrogens is 332 g/mol. The third kappa shape index (κ3) is 3.06. The van der Waals surface area contributed by atoms with Gasteiger partial charge in [-0.3, -0.25) is 0 Å². The van der Waals surface area contributed by atoms with Crippen LogP contribution < -0.4 is 9.47 Å². The van der Waals surface area contributed by atoms with E-state index in [0.29, 0.717) is 11.5 Å². The van der Waals surface area contributed by atoms with Gasteiger partial charge in [0.05, 0.1) is 14.2 Å². The zero-order chi connectivity index (χ0) is 15.6. The van der Waals surface area contributed by atoms with Crippen LogP contribution >= 0.6 is 15.9 Å². The van der Waals surface area contributed by atoms with E-state index in [2.05, 4.69) is 15.9 Å². The van der Waals surface area contributed by atoms with E-state index in [-0.39, 0.29) is 0 Å². The number of halogens is 1. The summed E-state index contributed by atoms with van der Waals surface area (Å²) in [5.41, 5.74) is 3.80. The van der Waals surface area contributed by atoms with Crippen LogP contribution in [0.25, 0.3) is 0 Å².